The highest BCUT2D eigenvalue weighted by Gasteiger charge is 2.34. The van der Waals surface area contributed by atoms with Crippen LogP contribution in [0.3, 0.4) is 0 Å². The lowest BCUT2D eigenvalue weighted by molar-refractivity contribution is -0.288. The van der Waals surface area contributed by atoms with Crippen LogP contribution in [-0.2, 0) is 16.2 Å². The van der Waals surface area contributed by atoms with Crippen molar-refractivity contribution < 1.29 is 24.4 Å². The Bertz CT molecular complexity index is 712. The minimum atomic E-state index is -0.466. The Kier molecular flexibility index (Phi) is 8.26. The van der Waals surface area contributed by atoms with Gasteiger partial charge in [0.25, 0.3) is 0 Å². The zero-order valence-corrected chi connectivity index (χ0v) is 19.0. The van der Waals surface area contributed by atoms with Crippen LogP contribution in [0, 0.1) is 26.7 Å². The van der Waals surface area contributed by atoms with Crippen LogP contribution in [0.2, 0.25) is 0 Å². The summed E-state index contributed by atoms with van der Waals surface area (Å²) in [6.45, 7) is 16.8. The number of benzene rings is 1. The van der Waals surface area contributed by atoms with Gasteiger partial charge in [-0.2, -0.15) is 4.89 Å². The Morgan fingerprint density at radius 2 is 1.93 bits per heavy atom. The maximum absolute atomic E-state index is 8.87. The van der Waals surface area contributed by atoms with Crippen molar-refractivity contribution in [2.24, 2.45) is 5.92 Å². The van der Waals surface area contributed by atoms with Gasteiger partial charge in [0, 0.05) is 5.56 Å². The van der Waals surface area contributed by atoms with Crippen molar-refractivity contribution in [1.29, 1.82) is 0 Å². The Balaban J connectivity index is 2.08. The standard InChI is InChI=1S/C24H38O5/c1-8-16(2)10-9-12-24(7)13-11-21-19(5)22(17(3)18(4)23(21)28-24)26-14-15-27-29-20(6)25/h16,25H,6,8-15H2,1-5,7H3. The summed E-state index contributed by atoms with van der Waals surface area (Å²) >= 11 is 0. The monoisotopic (exact) mass is 406 g/mol. The molecule has 1 heterocycles. The van der Waals surface area contributed by atoms with Crippen molar-refractivity contribution >= 4 is 0 Å². The molecule has 29 heavy (non-hydrogen) atoms. The first-order chi connectivity index (χ1) is 13.7. The largest absolute Gasteiger partial charge is 0.490 e. The quantitative estimate of drug-likeness (QED) is 0.203. The van der Waals surface area contributed by atoms with E-state index in [4.69, 9.17) is 19.5 Å². The van der Waals surface area contributed by atoms with Crippen LogP contribution in [0.1, 0.15) is 75.1 Å². The molecule has 1 aromatic rings. The molecule has 1 N–H and O–H groups in total. The highest BCUT2D eigenvalue weighted by molar-refractivity contribution is 5.59. The Labute approximate surface area is 175 Å². The van der Waals surface area contributed by atoms with Gasteiger partial charge in [0.15, 0.2) is 0 Å². The lowest BCUT2D eigenvalue weighted by Gasteiger charge is -2.38. The van der Waals surface area contributed by atoms with Crippen LogP contribution >= 0.6 is 0 Å². The van der Waals surface area contributed by atoms with Gasteiger partial charge in [0.2, 0.25) is 0 Å². The normalized spacial score (nSPS) is 19.2. The topological polar surface area (TPSA) is 57.2 Å². The number of fused-ring (bicyclic) bond motifs is 1. The van der Waals surface area contributed by atoms with E-state index in [9.17, 15) is 0 Å². The second kappa shape index (κ2) is 10.2. The summed E-state index contributed by atoms with van der Waals surface area (Å²) in [5.41, 5.74) is 4.54. The van der Waals surface area contributed by atoms with E-state index in [0.717, 1.165) is 53.4 Å². The molecule has 1 aliphatic rings. The molecular weight excluding hydrogens is 368 g/mol. The van der Waals surface area contributed by atoms with Gasteiger partial charge in [0.05, 0.1) is 0 Å². The molecule has 2 atom stereocenters. The first kappa shape index (κ1) is 23.4. The van der Waals surface area contributed by atoms with E-state index in [2.05, 4.69) is 53.0 Å². The lowest BCUT2D eigenvalue weighted by Crippen LogP contribution is -2.37. The van der Waals surface area contributed by atoms with Crippen LogP contribution in [0.4, 0.5) is 0 Å². The van der Waals surface area contributed by atoms with E-state index in [-0.39, 0.29) is 12.2 Å². The lowest BCUT2D eigenvalue weighted by atomic mass is 9.84. The van der Waals surface area contributed by atoms with E-state index in [1.165, 1.54) is 24.8 Å². The molecule has 164 valence electrons. The van der Waals surface area contributed by atoms with E-state index in [1.807, 2.05) is 0 Å². The number of aliphatic hydroxyl groups is 1. The minimum absolute atomic E-state index is 0.0929. The summed E-state index contributed by atoms with van der Waals surface area (Å²) in [5, 5.41) is 8.87. The van der Waals surface area contributed by atoms with Gasteiger partial charge < -0.3 is 14.6 Å². The van der Waals surface area contributed by atoms with Crippen molar-refractivity contribution in [1.82, 2.24) is 0 Å². The minimum Gasteiger partial charge on any atom is -0.490 e. The molecule has 0 aliphatic carbocycles. The summed E-state index contributed by atoms with van der Waals surface area (Å²) in [4.78, 5) is 9.32. The highest BCUT2D eigenvalue weighted by Crippen LogP contribution is 2.45. The van der Waals surface area contributed by atoms with Gasteiger partial charge in [0.1, 0.15) is 30.3 Å². The molecule has 1 aliphatic heterocycles. The maximum atomic E-state index is 8.87. The number of ether oxygens (including phenoxy) is 2. The number of hydrogen-bond donors (Lipinski definition) is 1. The van der Waals surface area contributed by atoms with Crippen LogP contribution < -0.4 is 9.47 Å². The SMILES string of the molecule is C=C(O)OOCCOc1c(C)c(C)c2c(c1C)CCC(C)(CCCC(C)CC)O2. The molecule has 0 fully saturated rings. The van der Waals surface area contributed by atoms with Crippen molar-refractivity contribution in [2.45, 2.75) is 85.7 Å². The summed E-state index contributed by atoms with van der Waals surface area (Å²) in [5.74, 6) is 2.24. The van der Waals surface area contributed by atoms with Crippen LogP contribution in [-0.4, -0.2) is 23.9 Å². The van der Waals surface area contributed by atoms with E-state index in [0.29, 0.717) is 6.61 Å². The van der Waals surface area contributed by atoms with Gasteiger partial charge >= 0.3 is 5.95 Å². The van der Waals surface area contributed by atoms with Crippen LogP contribution in [0.25, 0.3) is 0 Å². The van der Waals surface area contributed by atoms with E-state index >= 15 is 0 Å². The molecular formula is C24H38O5. The Morgan fingerprint density at radius 1 is 1.21 bits per heavy atom. The van der Waals surface area contributed by atoms with Crippen molar-refractivity contribution in [2.75, 3.05) is 13.2 Å². The molecule has 0 bridgehead atoms. The Morgan fingerprint density at radius 3 is 2.59 bits per heavy atom. The molecule has 0 amide bonds. The smallest absolute Gasteiger partial charge is 0.307 e. The van der Waals surface area contributed by atoms with Crippen LogP contribution in [0.5, 0.6) is 11.5 Å². The van der Waals surface area contributed by atoms with Gasteiger partial charge in [-0.25, -0.2) is 0 Å². The molecule has 1 aromatic carbocycles. The third kappa shape index (κ3) is 6.05. The summed E-state index contributed by atoms with van der Waals surface area (Å²) in [6, 6.07) is 0. The van der Waals surface area contributed by atoms with Crippen molar-refractivity contribution in [3.8, 4) is 11.5 Å². The fraction of sp³-hybridized carbons (Fsp3) is 0.667. The fourth-order valence-corrected chi connectivity index (χ4v) is 3.99. The second-order valence-corrected chi connectivity index (χ2v) is 8.62. The van der Waals surface area contributed by atoms with E-state index < -0.39 is 5.95 Å². The van der Waals surface area contributed by atoms with Crippen LogP contribution in [0.15, 0.2) is 12.5 Å². The molecule has 0 saturated heterocycles. The molecule has 2 unspecified atom stereocenters. The predicted molar refractivity (Wildman–Crippen MR) is 116 cm³/mol. The van der Waals surface area contributed by atoms with Crippen molar-refractivity contribution in [3.63, 3.8) is 0 Å². The predicted octanol–water partition coefficient (Wildman–Crippen LogP) is 6.27. The summed E-state index contributed by atoms with van der Waals surface area (Å²) < 4.78 is 12.6. The number of rotatable bonds is 11. The third-order valence-corrected chi connectivity index (χ3v) is 6.23. The van der Waals surface area contributed by atoms with Gasteiger partial charge in [-0.05, 0) is 82.6 Å². The third-order valence-electron chi connectivity index (χ3n) is 6.23. The summed E-state index contributed by atoms with van der Waals surface area (Å²) in [7, 11) is 0. The molecule has 0 radical (unpaired) electrons. The molecule has 0 spiro atoms. The molecule has 5 heteroatoms. The fourth-order valence-electron chi connectivity index (χ4n) is 3.99. The van der Waals surface area contributed by atoms with Gasteiger partial charge in [-0.3, -0.25) is 4.89 Å². The average molecular weight is 407 g/mol. The molecule has 2 rings (SSSR count). The second-order valence-electron chi connectivity index (χ2n) is 8.62. The van der Waals surface area contributed by atoms with Crippen molar-refractivity contribution in [3.05, 3.63) is 34.8 Å². The maximum Gasteiger partial charge on any atom is 0.307 e. The number of hydrogen-bond acceptors (Lipinski definition) is 5. The number of aliphatic hydroxyl groups excluding tert-OH is 1. The van der Waals surface area contributed by atoms with Gasteiger partial charge in [-0.1, -0.05) is 26.7 Å². The van der Waals surface area contributed by atoms with E-state index in [1.54, 1.807) is 0 Å². The highest BCUT2D eigenvalue weighted by atomic mass is 17.2. The first-order valence-corrected chi connectivity index (χ1v) is 10.8. The zero-order valence-electron chi connectivity index (χ0n) is 19.0. The van der Waals surface area contributed by atoms with Gasteiger partial charge in [-0.15, -0.1) is 0 Å². The molecule has 0 saturated carbocycles. The average Bonchev–Trinajstić information content (AvgIpc) is 2.67. The zero-order chi connectivity index (χ0) is 21.6. The molecule has 0 aromatic heterocycles. The molecule has 5 nitrogen and oxygen atoms in total. The Hall–Kier alpha value is -1.88. The first-order valence-electron chi connectivity index (χ1n) is 10.8. The summed E-state index contributed by atoms with van der Waals surface area (Å²) in [6.07, 6.45) is 6.84.